The SMILES string of the molecule is COc1cc(Br)c(/C=C(\CC(=O)O)c2nc3ccccc3s2)cc1OC. The first-order valence-electron chi connectivity index (χ1n) is 7.71. The molecule has 1 N–H and O–H groups in total. The fourth-order valence-corrected chi connectivity index (χ4v) is 3.95. The zero-order valence-electron chi connectivity index (χ0n) is 14.2. The lowest BCUT2D eigenvalue weighted by atomic mass is 10.1. The predicted molar refractivity (Wildman–Crippen MR) is 107 cm³/mol. The van der Waals surface area contributed by atoms with Crippen molar-refractivity contribution < 1.29 is 19.4 Å². The number of methoxy groups -OCH3 is 2. The Labute approximate surface area is 163 Å². The minimum Gasteiger partial charge on any atom is -0.493 e. The maximum atomic E-state index is 11.4. The van der Waals surface area contributed by atoms with Crippen LogP contribution in [0.1, 0.15) is 17.0 Å². The third kappa shape index (κ3) is 3.89. The van der Waals surface area contributed by atoms with Crippen molar-refractivity contribution in [1.29, 1.82) is 0 Å². The molecular formula is C19H16BrNO4S. The zero-order valence-corrected chi connectivity index (χ0v) is 16.6. The summed E-state index contributed by atoms with van der Waals surface area (Å²) in [5.74, 6) is 0.254. The number of carbonyl (C=O) groups is 1. The van der Waals surface area contributed by atoms with Gasteiger partial charge in [0.25, 0.3) is 0 Å². The molecule has 3 rings (SSSR count). The van der Waals surface area contributed by atoms with Crippen LogP contribution in [0.3, 0.4) is 0 Å². The maximum Gasteiger partial charge on any atom is 0.307 e. The number of benzene rings is 2. The number of rotatable bonds is 6. The van der Waals surface area contributed by atoms with E-state index >= 15 is 0 Å². The van der Waals surface area contributed by atoms with Crippen molar-refractivity contribution in [3.05, 3.63) is 51.4 Å². The van der Waals surface area contributed by atoms with Crippen molar-refractivity contribution in [3.63, 3.8) is 0 Å². The molecule has 5 nitrogen and oxygen atoms in total. The van der Waals surface area contributed by atoms with E-state index in [1.807, 2.05) is 30.3 Å². The molecule has 0 amide bonds. The van der Waals surface area contributed by atoms with Crippen LogP contribution in [0.5, 0.6) is 11.5 Å². The number of nitrogens with zero attached hydrogens (tertiary/aromatic N) is 1. The third-order valence-electron chi connectivity index (χ3n) is 3.74. The Morgan fingerprint density at radius 2 is 1.92 bits per heavy atom. The topological polar surface area (TPSA) is 68.7 Å². The maximum absolute atomic E-state index is 11.4. The average molecular weight is 434 g/mol. The van der Waals surface area contributed by atoms with E-state index < -0.39 is 5.97 Å². The van der Waals surface area contributed by atoms with Gasteiger partial charge in [-0.1, -0.05) is 28.1 Å². The molecule has 0 radical (unpaired) electrons. The van der Waals surface area contributed by atoms with Gasteiger partial charge in [0.2, 0.25) is 0 Å². The van der Waals surface area contributed by atoms with Crippen LogP contribution in [0.15, 0.2) is 40.9 Å². The van der Waals surface area contributed by atoms with Crippen LogP contribution < -0.4 is 9.47 Å². The first-order chi connectivity index (χ1) is 12.5. The van der Waals surface area contributed by atoms with Crippen molar-refractivity contribution in [2.24, 2.45) is 0 Å². The fraction of sp³-hybridized carbons (Fsp3) is 0.158. The van der Waals surface area contributed by atoms with Gasteiger partial charge in [0.15, 0.2) is 11.5 Å². The summed E-state index contributed by atoms with van der Waals surface area (Å²) < 4.78 is 12.4. The first kappa shape index (κ1) is 18.4. The molecule has 0 aliphatic carbocycles. The molecule has 0 atom stereocenters. The van der Waals surface area contributed by atoms with E-state index in [2.05, 4.69) is 20.9 Å². The summed E-state index contributed by atoms with van der Waals surface area (Å²) in [4.78, 5) is 16.0. The molecule has 0 fully saturated rings. The normalized spacial score (nSPS) is 11.6. The number of halogens is 1. The highest BCUT2D eigenvalue weighted by Gasteiger charge is 2.15. The van der Waals surface area contributed by atoms with Crippen molar-refractivity contribution in [2.75, 3.05) is 14.2 Å². The highest BCUT2D eigenvalue weighted by Crippen LogP contribution is 2.36. The van der Waals surface area contributed by atoms with Crippen molar-refractivity contribution in [1.82, 2.24) is 4.98 Å². The Morgan fingerprint density at radius 3 is 2.58 bits per heavy atom. The fourth-order valence-electron chi connectivity index (χ4n) is 2.53. The summed E-state index contributed by atoms with van der Waals surface area (Å²) in [5.41, 5.74) is 2.28. The minimum atomic E-state index is -0.910. The van der Waals surface area contributed by atoms with Gasteiger partial charge in [-0.05, 0) is 41.5 Å². The minimum absolute atomic E-state index is 0.124. The zero-order chi connectivity index (χ0) is 18.7. The van der Waals surface area contributed by atoms with E-state index in [9.17, 15) is 9.90 Å². The monoisotopic (exact) mass is 433 g/mol. The third-order valence-corrected chi connectivity index (χ3v) is 5.54. The van der Waals surface area contributed by atoms with Crippen molar-refractivity contribution in [2.45, 2.75) is 6.42 Å². The van der Waals surface area contributed by atoms with Crippen molar-refractivity contribution >= 4 is 55.1 Å². The van der Waals surface area contributed by atoms with Gasteiger partial charge in [-0.3, -0.25) is 4.79 Å². The van der Waals surface area contributed by atoms with Crippen LogP contribution in [0.4, 0.5) is 0 Å². The number of ether oxygens (including phenoxy) is 2. The summed E-state index contributed by atoms with van der Waals surface area (Å²) in [5, 5.41) is 10.0. The van der Waals surface area contributed by atoms with E-state index in [0.717, 1.165) is 20.3 Å². The Hall–Kier alpha value is -2.38. The van der Waals surface area contributed by atoms with Gasteiger partial charge in [-0.2, -0.15) is 0 Å². The summed E-state index contributed by atoms with van der Waals surface area (Å²) in [6.07, 6.45) is 1.69. The Morgan fingerprint density at radius 1 is 1.23 bits per heavy atom. The molecule has 0 saturated heterocycles. The molecule has 1 heterocycles. The lowest BCUT2D eigenvalue weighted by Crippen LogP contribution is -1.97. The number of aromatic nitrogens is 1. The number of hydrogen-bond donors (Lipinski definition) is 1. The highest BCUT2D eigenvalue weighted by atomic mass is 79.9. The number of carboxylic acid groups (broad SMARTS) is 1. The second-order valence-corrected chi connectivity index (χ2v) is 7.34. The summed E-state index contributed by atoms with van der Waals surface area (Å²) in [6, 6.07) is 11.3. The van der Waals surface area contributed by atoms with Crippen LogP contribution in [0.2, 0.25) is 0 Å². The molecule has 0 spiro atoms. The smallest absolute Gasteiger partial charge is 0.307 e. The van der Waals surface area contributed by atoms with Gasteiger partial charge >= 0.3 is 5.97 Å². The van der Waals surface area contributed by atoms with Gasteiger partial charge in [0.1, 0.15) is 5.01 Å². The molecule has 0 aliphatic rings. The van der Waals surface area contributed by atoms with Gasteiger partial charge in [0, 0.05) is 4.47 Å². The molecule has 2 aromatic carbocycles. The first-order valence-corrected chi connectivity index (χ1v) is 9.32. The molecule has 1 aromatic heterocycles. The quantitative estimate of drug-likeness (QED) is 0.585. The van der Waals surface area contributed by atoms with Crippen molar-refractivity contribution in [3.8, 4) is 11.5 Å². The lowest BCUT2D eigenvalue weighted by Gasteiger charge is -2.11. The summed E-state index contributed by atoms with van der Waals surface area (Å²) in [7, 11) is 3.13. The van der Waals surface area contributed by atoms with Gasteiger partial charge < -0.3 is 14.6 Å². The molecule has 3 aromatic rings. The lowest BCUT2D eigenvalue weighted by molar-refractivity contribution is -0.135. The summed E-state index contributed by atoms with van der Waals surface area (Å²) in [6.45, 7) is 0. The Bertz CT molecular complexity index is 963. The second kappa shape index (κ2) is 7.88. The number of thiazole rings is 1. The second-order valence-electron chi connectivity index (χ2n) is 5.46. The highest BCUT2D eigenvalue weighted by molar-refractivity contribution is 9.10. The summed E-state index contributed by atoms with van der Waals surface area (Å²) >= 11 is 4.98. The number of para-hydroxylation sites is 1. The van der Waals surface area contributed by atoms with Crippen LogP contribution in [-0.4, -0.2) is 30.3 Å². The molecule has 26 heavy (non-hydrogen) atoms. The molecule has 0 aliphatic heterocycles. The molecule has 134 valence electrons. The van der Waals surface area contributed by atoms with Gasteiger partial charge in [0.05, 0.1) is 30.9 Å². The predicted octanol–water partition coefficient (Wildman–Crippen LogP) is 5.09. The standard InChI is InChI=1S/C19H16BrNO4S/c1-24-15-8-11(13(20)10-16(15)25-2)7-12(9-18(22)23)19-21-14-5-3-4-6-17(14)26-19/h3-8,10H,9H2,1-2H3,(H,22,23)/b12-7+. The molecule has 0 bridgehead atoms. The van der Waals surface area contributed by atoms with Crippen LogP contribution in [-0.2, 0) is 4.79 Å². The van der Waals surface area contributed by atoms with Crippen LogP contribution >= 0.6 is 27.3 Å². The van der Waals surface area contributed by atoms with E-state index in [1.165, 1.54) is 11.3 Å². The number of carboxylic acids is 1. The molecule has 0 unspecified atom stereocenters. The Kier molecular flexibility index (Phi) is 5.58. The molecule has 7 heteroatoms. The molecular weight excluding hydrogens is 418 g/mol. The van der Waals surface area contributed by atoms with E-state index in [0.29, 0.717) is 22.1 Å². The van der Waals surface area contributed by atoms with Gasteiger partial charge in [-0.25, -0.2) is 4.98 Å². The van der Waals surface area contributed by atoms with Crippen LogP contribution in [0.25, 0.3) is 21.9 Å². The van der Waals surface area contributed by atoms with E-state index in [-0.39, 0.29) is 6.42 Å². The molecule has 0 saturated carbocycles. The number of fused-ring (bicyclic) bond motifs is 1. The average Bonchev–Trinajstić information content (AvgIpc) is 3.06. The Balaban J connectivity index is 2.12. The van der Waals surface area contributed by atoms with Gasteiger partial charge in [-0.15, -0.1) is 11.3 Å². The number of hydrogen-bond acceptors (Lipinski definition) is 5. The van der Waals surface area contributed by atoms with E-state index in [1.54, 1.807) is 26.4 Å². The van der Waals surface area contributed by atoms with E-state index in [4.69, 9.17) is 9.47 Å². The number of aliphatic carboxylic acids is 1. The largest absolute Gasteiger partial charge is 0.493 e. The van der Waals surface area contributed by atoms with Crippen LogP contribution in [0, 0.1) is 0 Å².